The summed E-state index contributed by atoms with van der Waals surface area (Å²) < 4.78 is 19.2. The first-order chi connectivity index (χ1) is 15.2. The lowest BCUT2D eigenvalue weighted by Gasteiger charge is -2.36. The standard InChI is InChI=1S/C26H27FN2OS/c27-21-13-11-20(12-14-21)19-29(23-7-3-1-4-8-23)26(31)28-22-15-17-25(18-16-22)30-24-9-5-2-6-10-24/h2,5-6,9-18,23H,1,3-4,7-8,19H2,(H,28,31). The van der Waals surface area contributed by atoms with Gasteiger partial charge in [-0.25, -0.2) is 4.39 Å². The van der Waals surface area contributed by atoms with Crippen LogP contribution in [0, 0.1) is 5.82 Å². The second-order valence-electron chi connectivity index (χ2n) is 7.92. The van der Waals surface area contributed by atoms with Crippen molar-refractivity contribution in [2.24, 2.45) is 0 Å². The zero-order chi connectivity index (χ0) is 21.5. The number of hydrogen-bond donors (Lipinski definition) is 1. The maximum Gasteiger partial charge on any atom is 0.173 e. The summed E-state index contributed by atoms with van der Waals surface area (Å²) in [5.41, 5.74) is 1.98. The van der Waals surface area contributed by atoms with Crippen LogP contribution in [0.1, 0.15) is 37.7 Å². The van der Waals surface area contributed by atoms with Crippen LogP contribution in [0.15, 0.2) is 78.9 Å². The highest BCUT2D eigenvalue weighted by atomic mass is 32.1. The first-order valence-electron chi connectivity index (χ1n) is 10.8. The smallest absolute Gasteiger partial charge is 0.173 e. The summed E-state index contributed by atoms with van der Waals surface area (Å²) in [7, 11) is 0. The van der Waals surface area contributed by atoms with Gasteiger partial charge in [-0.3, -0.25) is 0 Å². The third kappa shape index (κ3) is 6.05. The Morgan fingerprint density at radius 3 is 2.19 bits per heavy atom. The molecule has 5 heteroatoms. The molecule has 160 valence electrons. The Morgan fingerprint density at radius 2 is 1.52 bits per heavy atom. The van der Waals surface area contributed by atoms with Gasteiger partial charge in [-0.2, -0.15) is 0 Å². The molecule has 1 aliphatic rings. The van der Waals surface area contributed by atoms with Crippen LogP contribution in [-0.4, -0.2) is 16.1 Å². The fraction of sp³-hybridized carbons (Fsp3) is 0.269. The summed E-state index contributed by atoms with van der Waals surface area (Å²) in [6.45, 7) is 0.673. The van der Waals surface area contributed by atoms with Gasteiger partial charge in [0.15, 0.2) is 5.11 Å². The Hall–Kier alpha value is -2.92. The number of nitrogens with one attached hydrogen (secondary N) is 1. The zero-order valence-corrected chi connectivity index (χ0v) is 18.3. The molecular formula is C26H27FN2OS. The first-order valence-corrected chi connectivity index (χ1v) is 11.2. The van der Waals surface area contributed by atoms with Crippen molar-refractivity contribution >= 4 is 23.0 Å². The molecule has 0 atom stereocenters. The average molecular weight is 435 g/mol. The summed E-state index contributed by atoms with van der Waals surface area (Å²) in [6.07, 6.45) is 5.99. The number of nitrogens with zero attached hydrogens (tertiary/aromatic N) is 1. The van der Waals surface area contributed by atoms with Crippen LogP contribution in [0.5, 0.6) is 11.5 Å². The van der Waals surface area contributed by atoms with Crippen molar-refractivity contribution in [1.82, 2.24) is 4.90 Å². The normalized spacial score (nSPS) is 14.1. The molecule has 3 aromatic carbocycles. The lowest BCUT2D eigenvalue weighted by Crippen LogP contribution is -2.43. The van der Waals surface area contributed by atoms with Crippen LogP contribution in [0.2, 0.25) is 0 Å². The van der Waals surface area contributed by atoms with Gasteiger partial charge >= 0.3 is 0 Å². The van der Waals surface area contributed by atoms with E-state index in [9.17, 15) is 4.39 Å². The van der Waals surface area contributed by atoms with E-state index in [0.717, 1.165) is 35.6 Å². The molecule has 1 fully saturated rings. The largest absolute Gasteiger partial charge is 0.457 e. The van der Waals surface area contributed by atoms with Crippen molar-refractivity contribution < 1.29 is 9.13 Å². The van der Waals surface area contributed by atoms with Crippen molar-refractivity contribution in [1.29, 1.82) is 0 Å². The van der Waals surface area contributed by atoms with Gasteiger partial charge in [-0.1, -0.05) is 49.6 Å². The predicted molar refractivity (Wildman–Crippen MR) is 128 cm³/mol. The third-order valence-electron chi connectivity index (χ3n) is 5.63. The molecule has 0 radical (unpaired) electrons. The summed E-state index contributed by atoms with van der Waals surface area (Å²) in [4.78, 5) is 2.26. The number of rotatable bonds is 6. The van der Waals surface area contributed by atoms with E-state index in [4.69, 9.17) is 17.0 Å². The molecule has 3 nitrogen and oxygen atoms in total. The minimum atomic E-state index is -0.216. The number of benzene rings is 3. The van der Waals surface area contributed by atoms with Gasteiger partial charge < -0.3 is 15.0 Å². The summed E-state index contributed by atoms with van der Waals surface area (Å²) in [5, 5.41) is 4.09. The third-order valence-corrected chi connectivity index (χ3v) is 5.96. The number of halogens is 1. The minimum absolute atomic E-state index is 0.216. The minimum Gasteiger partial charge on any atom is -0.457 e. The molecule has 0 spiro atoms. The van der Waals surface area contributed by atoms with Crippen LogP contribution < -0.4 is 10.1 Å². The fourth-order valence-corrected chi connectivity index (χ4v) is 4.30. The van der Waals surface area contributed by atoms with E-state index in [0.29, 0.717) is 17.7 Å². The summed E-state index contributed by atoms with van der Waals surface area (Å²) >= 11 is 5.81. The highest BCUT2D eigenvalue weighted by molar-refractivity contribution is 7.80. The molecule has 0 unspecified atom stereocenters. The SMILES string of the molecule is Fc1ccc(CN(C(=S)Nc2ccc(Oc3ccccc3)cc2)C2CCCCC2)cc1. The van der Waals surface area contributed by atoms with Crippen LogP contribution >= 0.6 is 12.2 Å². The van der Waals surface area contributed by atoms with E-state index >= 15 is 0 Å². The first kappa shape index (κ1) is 21.3. The number of para-hydroxylation sites is 1. The van der Waals surface area contributed by atoms with E-state index < -0.39 is 0 Å². The molecule has 1 saturated carbocycles. The molecule has 0 heterocycles. The maximum atomic E-state index is 13.3. The summed E-state index contributed by atoms with van der Waals surface area (Å²) in [5.74, 6) is 1.37. The molecule has 0 aliphatic heterocycles. The van der Waals surface area contributed by atoms with Gasteiger partial charge in [0, 0.05) is 18.3 Å². The van der Waals surface area contributed by atoms with Crippen LogP contribution in [-0.2, 0) is 6.54 Å². The van der Waals surface area contributed by atoms with Crippen molar-refractivity contribution in [2.75, 3.05) is 5.32 Å². The van der Waals surface area contributed by atoms with E-state index in [1.165, 1.54) is 31.4 Å². The molecule has 0 saturated heterocycles. The van der Waals surface area contributed by atoms with E-state index in [-0.39, 0.29) is 5.82 Å². The topological polar surface area (TPSA) is 24.5 Å². The van der Waals surface area contributed by atoms with Crippen LogP contribution in [0.4, 0.5) is 10.1 Å². The van der Waals surface area contributed by atoms with E-state index in [1.807, 2.05) is 66.7 Å². The molecule has 0 aromatic heterocycles. The Labute approximate surface area is 188 Å². The predicted octanol–water partition coefficient (Wildman–Crippen LogP) is 7.15. The second kappa shape index (κ2) is 10.4. The van der Waals surface area contributed by atoms with Crippen molar-refractivity contribution in [3.8, 4) is 11.5 Å². The average Bonchev–Trinajstić information content (AvgIpc) is 2.81. The van der Waals surface area contributed by atoms with Gasteiger partial charge in [-0.15, -0.1) is 0 Å². The monoisotopic (exact) mass is 434 g/mol. The molecule has 1 aliphatic carbocycles. The highest BCUT2D eigenvalue weighted by Gasteiger charge is 2.23. The van der Waals surface area contributed by atoms with Crippen LogP contribution in [0.25, 0.3) is 0 Å². The van der Waals surface area contributed by atoms with Crippen molar-refractivity contribution in [3.63, 3.8) is 0 Å². The van der Waals surface area contributed by atoms with Gasteiger partial charge in [0.1, 0.15) is 17.3 Å². The fourth-order valence-electron chi connectivity index (χ4n) is 3.97. The lowest BCUT2D eigenvalue weighted by molar-refractivity contribution is 0.240. The Bertz CT molecular complexity index is 971. The van der Waals surface area contributed by atoms with Gasteiger partial charge in [0.2, 0.25) is 0 Å². The van der Waals surface area contributed by atoms with E-state index in [1.54, 1.807) is 0 Å². The molecular weight excluding hydrogens is 407 g/mol. The summed E-state index contributed by atoms with van der Waals surface area (Å²) in [6, 6.07) is 24.6. The highest BCUT2D eigenvalue weighted by Crippen LogP contribution is 2.26. The number of hydrogen-bond acceptors (Lipinski definition) is 2. The quantitative estimate of drug-likeness (QED) is 0.416. The lowest BCUT2D eigenvalue weighted by atomic mass is 9.94. The van der Waals surface area contributed by atoms with Crippen molar-refractivity contribution in [2.45, 2.75) is 44.7 Å². The number of thiocarbonyl (C=S) groups is 1. The molecule has 0 amide bonds. The zero-order valence-electron chi connectivity index (χ0n) is 17.5. The maximum absolute atomic E-state index is 13.3. The molecule has 1 N–H and O–H groups in total. The van der Waals surface area contributed by atoms with E-state index in [2.05, 4.69) is 10.2 Å². The molecule has 4 rings (SSSR count). The van der Waals surface area contributed by atoms with Gasteiger partial charge in [0.05, 0.1) is 0 Å². The Balaban J connectivity index is 1.44. The van der Waals surface area contributed by atoms with Gasteiger partial charge in [0.25, 0.3) is 0 Å². The second-order valence-corrected chi connectivity index (χ2v) is 8.30. The Kier molecular flexibility index (Phi) is 7.15. The van der Waals surface area contributed by atoms with Crippen LogP contribution in [0.3, 0.4) is 0 Å². The molecule has 0 bridgehead atoms. The van der Waals surface area contributed by atoms with Crippen molar-refractivity contribution in [3.05, 3.63) is 90.2 Å². The van der Waals surface area contributed by atoms with Gasteiger partial charge in [-0.05, 0) is 79.2 Å². The number of ether oxygens (including phenoxy) is 1. The molecule has 31 heavy (non-hydrogen) atoms. The Morgan fingerprint density at radius 1 is 0.871 bits per heavy atom. The molecule has 3 aromatic rings. The number of anilines is 1.